The van der Waals surface area contributed by atoms with Crippen molar-refractivity contribution < 1.29 is 24.3 Å². The van der Waals surface area contributed by atoms with Gasteiger partial charge in [0.05, 0.1) is 6.42 Å². The van der Waals surface area contributed by atoms with Gasteiger partial charge in [-0.2, -0.15) is 0 Å². The normalized spacial score (nSPS) is 19.5. The third-order valence-electron chi connectivity index (χ3n) is 5.44. The predicted molar refractivity (Wildman–Crippen MR) is 128 cm³/mol. The molecule has 2 aliphatic rings. The molecule has 0 unspecified atom stereocenters. The molecule has 0 spiro atoms. The Morgan fingerprint density at radius 2 is 1.82 bits per heavy atom. The number of carbonyl (C=O) groups excluding carboxylic acids is 3. The standard InChI is InChI=1S/C24H22N2O5S2/c1-14-7-9-15(10-8-14)11-18(27)25-19-21(28)26-20(23(29)30)17(12-32-22(19)26)13-33-24(31)16-5-3-2-4-6-16/h2-10,19,22H,11-13H2,1H3,(H,25,27)(H,29,30)/t19-,22-/m1/s1. The Morgan fingerprint density at radius 3 is 2.48 bits per heavy atom. The van der Waals surface area contributed by atoms with E-state index in [9.17, 15) is 24.3 Å². The van der Waals surface area contributed by atoms with Crippen molar-refractivity contribution in [3.8, 4) is 0 Å². The third-order valence-corrected chi connectivity index (χ3v) is 7.77. The fourth-order valence-corrected chi connectivity index (χ4v) is 6.04. The molecule has 2 atom stereocenters. The van der Waals surface area contributed by atoms with Crippen LogP contribution in [-0.2, 0) is 20.8 Å². The molecule has 170 valence electrons. The van der Waals surface area contributed by atoms with E-state index in [0.717, 1.165) is 22.9 Å². The molecule has 2 amide bonds. The smallest absolute Gasteiger partial charge is 0.352 e. The van der Waals surface area contributed by atoms with Gasteiger partial charge < -0.3 is 10.4 Å². The van der Waals surface area contributed by atoms with Crippen LogP contribution in [0.2, 0.25) is 0 Å². The Bertz CT molecular complexity index is 1130. The molecule has 0 aliphatic carbocycles. The summed E-state index contributed by atoms with van der Waals surface area (Å²) in [6, 6.07) is 15.6. The average molecular weight is 483 g/mol. The summed E-state index contributed by atoms with van der Waals surface area (Å²) < 4.78 is 0. The number of fused-ring (bicyclic) bond motifs is 1. The predicted octanol–water partition coefficient (Wildman–Crippen LogP) is 2.85. The van der Waals surface area contributed by atoms with Crippen molar-refractivity contribution in [1.29, 1.82) is 0 Å². The van der Waals surface area contributed by atoms with Crippen LogP contribution in [0.15, 0.2) is 65.9 Å². The van der Waals surface area contributed by atoms with Crippen molar-refractivity contribution in [3.05, 3.63) is 82.6 Å². The molecule has 1 fully saturated rings. The van der Waals surface area contributed by atoms with E-state index in [1.54, 1.807) is 24.3 Å². The number of β-lactam (4-membered cyclic amide) rings is 1. The zero-order valence-electron chi connectivity index (χ0n) is 17.8. The van der Waals surface area contributed by atoms with Crippen molar-refractivity contribution in [2.75, 3.05) is 11.5 Å². The number of carboxylic acid groups (broad SMARTS) is 1. The molecule has 0 aromatic heterocycles. The number of amides is 2. The Kier molecular flexibility index (Phi) is 6.90. The third kappa shape index (κ3) is 4.99. The summed E-state index contributed by atoms with van der Waals surface area (Å²) in [5.41, 5.74) is 2.91. The minimum absolute atomic E-state index is 0.0823. The highest BCUT2D eigenvalue weighted by Gasteiger charge is 2.54. The number of hydrogen-bond acceptors (Lipinski definition) is 6. The molecule has 0 bridgehead atoms. The highest BCUT2D eigenvalue weighted by atomic mass is 32.2. The first kappa shape index (κ1) is 23.1. The fourth-order valence-electron chi connectivity index (χ4n) is 3.72. The van der Waals surface area contributed by atoms with Crippen LogP contribution in [0.3, 0.4) is 0 Å². The van der Waals surface area contributed by atoms with Crippen molar-refractivity contribution in [3.63, 3.8) is 0 Å². The van der Waals surface area contributed by atoms with E-state index in [1.165, 1.54) is 16.7 Å². The van der Waals surface area contributed by atoms with Crippen molar-refractivity contribution >= 4 is 46.4 Å². The number of thioether (sulfide) groups is 2. The number of carboxylic acids is 1. The maximum absolute atomic E-state index is 12.8. The molecule has 2 N–H and O–H groups in total. The van der Waals surface area contributed by atoms with Gasteiger partial charge in [0.25, 0.3) is 5.91 Å². The molecule has 0 radical (unpaired) electrons. The van der Waals surface area contributed by atoms with Gasteiger partial charge >= 0.3 is 5.97 Å². The monoisotopic (exact) mass is 482 g/mol. The van der Waals surface area contributed by atoms with Crippen LogP contribution in [0.1, 0.15) is 21.5 Å². The Morgan fingerprint density at radius 1 is 1.12 bits per heavy atom. The van der Waals surface area contributed by atoms with Gasteiger partial charge in [-0.05, 0) is 18.1 Å². The van der Waals surface area contributed by atoms with E-state index in [-0.39, 0.29) is 28.9 Å². The van der Waals surface area contributed by atoms with Crippen LogP contribution in [0.5, 0.6) is 0 Å². The van der Waals surface area contributed by atoms with Gasteiger partial charge in [-0.25, -0.2) is 4.79 Å². The van der Waals surface area contributed by atoms with Crippen molar-refractivity contribution in [2.24, 2.45) is 0 Å². The summed E-state index contributed by atoms with van der Waals surface area (Å²) in [7, 11) is 0. The summed E-state index contributed by atoms with van der Waals surface area (Å²) in [5.74, 6) is -1.38. The van der Waals surface area contributed by atoms with Gasteiger partial charge in [-0.1, -0.05) is 71.9 Å². The van der Waals surface area contributed by atoms with Crippen LogP contribution in [0, 0.1) is 6.92 Å². The quantitative estimate of drug-likeness (QED) is 0.585. The second kappa shape index (κ2) is 9.84. The lowest BCUT2D eigenvalue weighted by Gasteiger charge is -2.49. The topological polar surface area (TPSA) is 104 Å². The Labute approximate surface area is 199 Å². The lowest BCUT2D eigenvalue weighted by atomic mass is 10.0. The number of rotatable bonds is 7. The number of carbonyl (C=O) groups is 4. The molecule has 0 saturated carbocycles. The van der Waals surface area contributed by atoms with E-state index in [2.05, 4.69) is 5.32 Å². The van der Waals surface area contributed by atoms with E-state index in [1.807, 2.05) is 37.3 Å². The van der Waals surface area contributed by atoms with Crippen LogP contribution >= 0.6 is 23.5 Å². The molecule has 1 saturated heterocycles. The fraction of sp³-hybridized carbons (Fsp3) is 0.250. The minimum Gasteiger partial charge on any atom is -0.477 e. The average Bonchev–Trinajstić information content (AvgIpc) is 2.82. The van der Waals surface area contributed by atoms with Crippen molar-refractivity contribution in [2.45, 2.75) is 24.8 Å². The molecule has 2 aromatic carbocycles. The van der Waals surface area contributed by atoms with Gasteiger partial charge in [-0.15, -0.1) is 11.8 Å². The van der Waals surface area contributed by atoms with Gasteiger partial charge in [0.15, 0.2) is 0 Å². The van der Waals surface area contributed by atoms with Gasteiger partial charge in [-0.3, -0.25) is 19.3 Å². The molecule has 9 heteroatoms. The van der Waals surface area contributed by atoms with Crippen LogP contribution in [-0.4, -0.2) is 55.8 Å². The van der Waals surface area contributed by atoms with E-state index < -0.39 is 23.3 Å². The molecule has 2 aromatic rings. The molecule has 33 heavy (non-hydrogen) atoms. The summed E-state index contributed by atoms with van der Waals surface area (Å²) in [4.78, 5) is 50.8. The SMILES string of the molecule is Cc1ccc(CC(=O)N[C@@H]2C(=O)N3C(C(=O)O)=C(CSC(=O)c4ccccc4)CS[C@H]23)cc1. The number of nitrogens with one attached hydrogen (secondary N) is 1. The van der Waals surface area contributed by atoms with Gasteiger partial charge in [0.1, 0.15) is 17.1 Å². The summed E-state index contributed by atoms with van der Waals surface area (Å²) in [6.45, 7) is 1.96. The van der Waals surface area contributed by atoms with Crippen LogP contribution < -0.4 is 5.32 Å². The van der Waals surface area contributed by atoms with Gasteiger partial charge in [0, 0.05) is 17.1 Å². The van der Waals surface area contributed by atoms with E-state index in [4.69, 9.17) is 0 Å². The molecule has 2 aliphatic heterocycles. The summed E-state index contributed by atoms with van der Waals surface area (Å²) in [6.07, 6.45) is 0.145. The maximum atomic E-state index is 12.8. The van der Waals surface area contributed by atoms with Crippen LogP contribution in [0.4, 0.5) is 0 Å². The first-order valence-corrected chi connectivity index (χ1v) is 12.4. The lowest BCUT2D eigenvalue weighted by Crippen LogP contribution is -2.70. The molecular formula is C24H22N2O5S2. The molecular weight excluding hydrogens is 460 g/mol. The Hall–Kier alpha value is -3.04. The second-order valence-electron chi connectivity index (χ2n) is 7.82. The number of hydrogen-bond donors (Lipinski definition) is 2. The number of aryl methyl sites for hydroxylation is 1. The molecule has 2 heterocycles. The zero-order valence-corrected chi connectivity index (χ0v) is 19.4. The van der Waals surface area contributed by atoms with Crippen LogP contribution in [0.25, 0.3) is 0 Å². The first-order valence-electron chi connectivity index (χ1n) is 10.3. The molecule has 4 rings (SSSR count). The second-order valence-corrected chi connectivity index (χ2v) is 9.87. The summed E-state index contributed by atoms with van der Waals surface area (Å²) in [5, 5.41) is 11.9. The Balaban J connectivity index is 1.41. The summed E-state index contributed by atoms with van der Waals surface area (Å²) >= 11 is 2.41. The number of benzene rings is 2. The highest BCUT2D eigenvalue weighted by molar-refractivity contribution is 8.14. The number of nitrogens with zero attached hydrogens (tertiary/aromatic N) is 1. The van der Waals surface area contributed by atoms with Gasteiger partial charge in [0.2, 0.25) is 11.0 Å². The first-order chi connectivity index (χ1) is 15.8. The zero-order chi connectivity index (χ0) is 23.5. The molecule has 7 nitrogen and oxygen atoms in total. The van der Waals surface area contributed by atoms with Crippen molar-refractivity contribution in [1.82, 2.24) is 10.2 Å². The van der Waals surface area contributed by atoms with E-state index >= 15 is 0 Å². The maximum Gasteiger partial charge on any atom is 0.352 e. The number of aliphatic carboxylic acids is 1. The largest absolute Gasteiger partial charge is 0.477 e. The van der Waals surface area contributed by atoms with E-state index in [0.29, 0.717) is 16.9 Å². The lowest BCUT2D eigenvalue weighted by molar-refractivity contribution is -0.150. The minimum atomic E-state index is -1.21. The highest BCUT2D eigenvalue weighted by Crippen LogP contribution is 2.41.